The van der Waals surface area contributed by atoms with E-state index in [1.807, 2.05) is 29.2 Å². The predicted molar refractivity (Wildman–Crippen MR) is 83.9 cm³/mol. The maximum Gasteiger partial charge on any atom is 0.253 e. The van der Waals surface area contributed by atoms with Gasteiger partial charge in [0.15, 0.2) is 0 Å². The number of amides is 1. The largest absolute Gasteiger partial charge is 0.395 e. The molecule has 1 aromatic rings. The fourth-order valence-electron chi connectivity index (χ4n) is 2.45. The molecule has 0 unspecified atom stereocenters. The zero-order valence-corrected chi connectivity index (χ0v) is 12.9. The van der Waals surface area contributed by atoms with E-state index in [0.717, 1.165) is 31.5 Å². The molecule has 112 valence electrons. The second-order valence-corrected chi connectivity index (χ2v) is 6.31. The number of aliphatic hydroxyl groups is 1. The number of hydrogen-bond acceptors (Lipinski definition) is 2. The normalized spacial score (nSPS) is 17.0. The minimum atomic E-state index is 0.0647. The Morgan fingerprint density at radius 3 is 2.71 bits per heavy atom. The number of rotatable bonds is 2. The molecular weight excluding hydrogens is 262 g/mol. The van der Waals surface area contributed by atoms with Crippen LogP contribution in [0.25, 0.3) is 0 Å². The van der Waals surface area contributed by atoms with Gasteiger partial charge in [-0.05, 0) is 36.5 Å². The quantitative estimate of drug-likeness (QED) is 0.849. The van der Waals surface area contributed by atoms with E-state index >= 15 is 0 Å². The van der Waals surface area contributed by atoms with Crippen molar-refractivity contribution in [1.82, 2.24) is 4.90 Å². The monoisotopic (exact) mass is 285 g/mol. The summed E-state index contributed by atoms with van der Waals surface area (Å²) < 4.78 is 0. The van der Waals surface area contributed by atoms with Crippen LogP contribution in [0, 0.1) is 17.3 Å². The summed E-state index contributed by atoms with van der Waals surface area (Å²) >= 11 is 0. The molecule has 0 bridgehead atoms. The van der Waals surface area contributed by atoms with E-state index in [1.165, 1.54) is 0 Å². The van der Waals surface area contributed by atoms with Crippen molar-refractivity contribution in [2.45, 2.75) is 33.1 Å². The smallest absolute Gasteiger partial charge is 0.253 e. The first kappa shape index (κ1) is 15.6. The molecule has 1 aliphatic rings. The SMILES string of the molecule is CC1(C)CCN(C(=O)c2cccc(C#CCCO)c2)CC1. The lowest BCUT2D eigenvalue weighted by atomic mass is 9.82. The molecule has 1 aliphatic heterocycles. The number of likely N-dealkylation sites (tertiary alicyclic amines) is 1. The highest BCUT2D eigenvalue weighted by atomic mass is 16.2. The molecule has 0 saturated carbocycles. The van der Waals surface area contributed by atoms with Crippen molar-refractivity contribution in [3.05, 3.63) is 35.4 Å². The van der Waals surface area contributed by atoms with Crippen molar-refractivity contribution in [1.29, 1.82) is 0 Å². The highest BCUT2D eigenvalue weighted by Crippen LogP contribution is 2.30. The Bertz CT molecular complexity index is 556. The summed E-state index contributed by atoms with van der Waals surface area (Å²) in [6.07, 6.45) is 2.56. The number of hydrogen-bond donors (Lipinski definition) is 1. The molecule has 1 fully saturated rings. The van der Waals surface area contributed by atoms with Crippen LogP contribution in [0.3, 0.4) is 0 Å². The molecule has 0 aromatic heterocycles. The van der Waals surface area contributed by atoms with E-state index in [1.54, 1.807) is 0 Å². The van der Waals surface area contributed by atoms with Gasteiger partial charge in [0.1, 0.15) is 0 Å². The zero-order valence-electron chi connectivity index (χ0n) is 12.9. The Balaban J connectivity index is 2.06. The van der Waals surface area contributed by atoms with Gasteiger partial charge >= 0.3 is 0 Å². The van der Waals surface area contributed by atoms with Gasteiger partial charge in [-0.2, -0.15) is 0 Å². The van der Waals surface area contributed by atoms with E-state index in [4.69, 9.17) is 5.11 Å². The molecule has 0 atom stereocenters. The first-order valence-electron chi connectivity index (χ1n) is 7.51. The fraction of sp³-hybridized carbons (Fsp3) is 0.500. The average molecular weight is 285 g/mol. The molecule has 1 saturated heterocycles. The zero-order chi connectivity index (χ0) is 15.3. The lowest BCUT2D eigenvalue weighted by Gasteiger charge is -2.37. The van der Waals surface area contributed by atoms with Crippen molar-refractivity contribution < 1.29 is 9.90 Å². The second kappa shape index (κ2) is 6.78. The summed E-state index contributed by atoms with van der Waals surface area (Å²) in [6.45, 7) is 6.23. The van der Waals surface area contributed by atoms with E-state index in [-0.39, 0.29) is 12.5 Å². The van der Waals surface area contributed by atoms with Crippen molar-refractivity contribution in [2.24, 2.45) is 5.41 Å². The van der Waals surface area contributed by atoms with Crippen LogP contribution in [0.15, 0.2) is 24.3 Å². The molecule has 1 heterocycles. The number of aliphatic hydroxyl groups excluding tert-OH is 1. The minimum absolute atomic E-state index is 0.0647. The average Bonchev–Trinajstić information content (AvgIpc) is 2.47. The van der Waals surface area contributed by atoms with Gasteiger partial charge in [0, 0.05) is 30.6 Å². The third kappa shape index (κ3) is 4.34. The number of benzene rings is 1. The van der Waals surface area contributed by atoms with Crippen molar-refractivity contribution >= 4 is 5.91 Å². The van der Waals surface area contributed by atoms with Gasteiger partial charge in [0.25, 0.3) is 5.91 Å². The molecular formula is C18H23NO2. The predicted octanol–water partition coefficient (Wildman–Crippen LogP) is 2.68. The molecule has 1 N–H and O–H groups in total. The van der Waals surface area contributed by atoms with Gasteiger partial charge in [0.2, 0.25) is 0 Å². The summed E-state index contributed by atoms with van der Waals surface area (Å²) in [5.74, 6) is 5.95. The van der Waals surface area contributed by atoms with Gasteiger partial charge in [0.05, 0.1) is 6.61 Å². The highest BCUT2D eigenvalue weighted by molar-refractivity contribution is 5.94. The van der Waals surface area contributed by atoms with Crippen LogP contribution < -0.4 is 0 Å². The third-order valence-electron chi connectivity index (χ3n) is 3.98. The molecule has 3 heteroatoms. The Morgan fingerprint density at radius 1 is 1.33 bits per heavy atom. The Hall–Kier alpha value is -1.79. The van der Waals surface area contributed by atoms with Crippen LogP contribution in [0.4, 0.5) is 0 Å². The van der Waals surface area contributed by atoms with E-state index in [9.17, 15) is 4.79 Å². The summed E-state index contributed by atoms with van der Waals surface area (Å²) in [6, 6.07) is 7.44. The fourth-order valence-corrected chi connectivity index (χ4v) is 2.45. The Morgan fingerprint density at radius 2 is 2.05 bits per heavy atom. The summed E-state index contributed by atoms with van der Waals surface area (Å²) in [5, 5.41) is 8.74. The highest BCUT2D eigenvalue weighted by Gasteiger charge is 2.28. The standard InChI is InChI=1S/C18H23NO2/c1-18(2)9-11-19(12-10-18)17(21)16-8-5-7-15(14-16)6-3-4-13-20/h5,7-8,14,20H,4,9-13H2,1-2H3. The van der Waals surface area contributed by atoms with Crippen molar-refractivity contribution in [3.63, 3.8) is 0 Å². The van der Waals surface area contributed by atoms with E-state index in [2.05, 4.69) is 25.7 Å². The number of carbonyl (C=O) groups excluding carboxylic acids is 1. The summed E-state index contributed by atoms with van der Waals surface area (Å²) in [4.78, 5) is 14.5. The van der Waals surface area contributed by atoms with Crippen LogP contribution in [0.2, 0.25) is 0 Å². The second-order valence-electron chi connectivity index (χ2n) is 6.31. The van der Waals surface area contributed by atoms with E-state index in [0.29, 0.717) is 17.4 Å². The minimum Gasteiger partial charge on any atom is -0.395 e. The van der Waals surface area contributed by atoms with Crippen LogP contribution in [0.5, 0.6) is 0 Å². The number of piperidine rings is 1. The van der Waals surface area contributed by atoms with Gasteiger partial charge < -0.3 is 10.0 Å². The van der Waals surface area contributed by atoms with Gasteiger partial charge in [-0.1, -0.05) is 31.8 Å². The lowest BCUT2D eigenvalue weighted by molar-refractivity contribution is 0.0630. The topological polar surface area (TPSA) is 40.5 Å². The summed E-state index contributed by atoms with van der Waals surface area (Å²) in [7, 11) is 0. The first-order chi connectivity index (χ1) is 10.0. The molecule has 3 nitrogen and oxygen atoms in total. The first-order valence-corrected chi connectivity index (χ1v) is 7.51. The van der Waals surface area contributed by atoms with Crippen LogP contribution in [0.1, 0.15) is 49.0 Å². The molecule has 21 heavy (non-hydrogen) atoms. The van der Waals surface area contributed by atoms with Crippen molar-refractivity contribution in [2.75, 3.05) is 19.7 Å². The van der Waals surface area contributed by atoms with Gasteiger partial charge in [-0.25, -0.2) is 0 Å². The molecule has 0 aliphatic carbocycles. The molecule has 2 rings (SSSR count). The maximum atomic E-state index is 12.5. The Labute approximate surface area is 127 Å². The lowest BCUT2D eigenvalue weighted by Crippen LogP contribution is -2.41. The maximum absolute atomic E-state index is 12.5. The van der Waals surface area contributed by atoms with E-state index < -0.39 is 0 Å². The van der Waals surface area contributed by atoms with Gasteiger partial charge in [-0.3, -0.25) is 4.79 Å². The Kier molecular flexibility index (Phi) is 5.03. The molecule has 1 aromatic carbocycles. The van der Waals surface area contributed by atoms with Crippen molar-refractivity contribution in [3.8, 4) is 11.8 Å². The summed E-state index contributed by atoms with van der Waals surface area (Å²) in [5.41, 5.74) is 1.87. The molecule has 1 amide bonds. The van der Waals surface area contributed by atoms with Crippen LogP contribution in [-0.4, -0.2) is 35.6 Å². The van der Waals surface area contributed by atoms with Crippen LogP contribution >= 0.6 is 0 Å². The number of carbonyl (C=O) groups is 1. The molecule has 0 radical (unpaired) electrons. The van der Waals surface area contributed by atoms with Gasteiger partial charge in [-0.15, -0.1) is 0 Å². The number of nitrogens with zero attached hydrogens (tertiary/aromatic N) is 1. The molecule has 0 spiro atoms. The van der Waals surface area contributed by atoms with Crippen LogP contribution in [-0.2, 0) is 0 Å². The third-order valence-corrected chi connectivity index (χ3v) is 3.98.